The Kier molecular flexibility index (Phi) is 3.83. The zero-order valence-electron chi connectivity index (χ0n) is 13.0. The minimum atomic E-state index is 0.166. The second-order valence-electron chi connectivity index (χ2n) is 5.81. The van der Waals surface area contributed by atoms with Crippen molar-refractivity contribution in [1.29, 1.82) is 0 Å². The van der Waals surface area contributed by atoms with Gasteiger partial charge in [-0.15, -0.1) is 11.3 Å². The van der Waals surface area contributed by atoms with Gasteiger partial charge in [0.1, 0.15) is 24.0 Å². The van der Waals surface area contributed by atoms with Crippen LogP contribution >= 0.6 is 11.3 Å². The van der Waals surface area contributed by atoms with Crippen LogP contribution in [0.25, 0.3) is 10.2 Å². The summed E-state index contributed by atoms with van der Waals surface area (Å²) in [6.07, 6.45) is 7.52. The number of rotatable bonds is 3. The summed E-state index contributed by atoms with van der Waals surface area (Å²) in [6, 6.07) is 3.86. The maximum absolute atomic E-state index is 6.08. The number of anilines is 1. The highest BCUT2D eigenvalue weighted by atomic mass is 32.1. The van der Waals surface area contributed by atoms with Crippen molar-refractivity contribution in [2.45, 2.75) is 25.9 Å². The highest BCUT2D eigenvalue weighted by Gasteiger charge is 2.24. The van der Waals surface area contributed by atoms with Crippen LogP contribution in [0.15, 0.2) is 36.2 Å². The van der Waals surface area contributed by atoms with Gasteiger partial charge in [-0.2, -0.15) is 0 Å². The zero-order chi connectivity index (χ0) is 15.6. The SMILES string of the molecule is Cc1csc2c(N3CCCC(Oc4cccnc4)C3)ncnc12. The highest BCUT2D eigenvalue weighted by Crippen LogP contribution is 2.32. The molecule has 1 fully saturated rings. The Hall–Kier alpha value is -2.21. The van der Waals surface area contributed by atoms with Gasteiger partial charge in [-0.3, -0.25) is 4.98 Å². The number of aryl methyl sites for hydroxylation is 1. The molecule has 0 radical (unpaired) electrons. The van der Waals surface area contributed by atoms with Crippen LogP contribution in [0, 0.1) is 6.92 Å². The lowest BCUT2D eigenvalue weighted by Gasteiger charge is -2.33. The molecule has 3 aromatic heterocycles. The first-order valence-electron chi connectivity index (χ1n) is 7.81. The topological polar surface area (TPSA) is 51.1 Å². The Morgan fingerprint density at radius 1 is 1.35 bits per heavy atom. The Morgan fingerprint density at radius 2 is 2.30 bits per heavy atom. The molecule has 0 amide bonds. The van der Waals surface area contributed by atoms with Crippen LogP contribution in [-0.4, -0.2) is 34.1 Å². The van der Waals surface area contributed by atoms with Crippen LogP contribution in [0.5, 0.6) is 5.75 Å². The maximum atomic E-state index is 6.08. The van der Waals surface area contributed by atoms with Gasteiger partial charge in [-0.1, -0.05) is 0 Å². The Balaban J connectivity index is 1.57. The lowest BCUT2D eigenvalue weighted by Crippen LogP contribution is -2.41. The first kappa shape index (κ1) is 14.4. The predicted molar refractivity (Wildman–Crippen MR) is 92.3 cm³/mol. The summed E-state index contributed by atoms with van der Waals surface area (Å²) >= 11 is 1.72. The maximum Gasteiger partial charge on any atom is 0.150 e. The number of fused-ring (bicyclic) bond motifs is 1. The fraction of sp³-hybridized carbons (Fsp3) is 0.353. The second-order valence-corrected chi connectivity index (χ2v) is 6.69. The molecule has 0 aromatic carbocycles. The van der Waals surface area contributed by atoms with Crippen LogP contribution in [0.1, 0.15) is 18.4 Å². The van der Waals surface area contributed by atoms with Crippen LogP contribution in [0.3, 0.4) is 0 Å². The molecule has 23 heavy (non-hydrogen) atoms. The number of piperidine rings is 1. The van der Waals surface area contributed by atoms with Gasteiger partial charge in [0.2, 0.25) is 0 Å². The van der Waals surface area contributed by atoms with Crippen molar-refractivity contribution in [2.75, 3.05) is 18.0 Å². The standard InChI is InChI=1S/C17H18N4OS/c1-12-10-23-16-15(12)19-11-20-17(16)21-7-3-5-14(9-21)22-13-4-2-6-18-8-13/h2,4,6,8,10-11,14H,3,5,7,9H2,1H3. The molecule has 0 bridgehead atoms. The van der Waals surface area contributed by atoms with E-state index in [1.165, 1.54) is 10.3 Å². The zero-order valence-corrected chi connectivity index (χ0v) is 13.8. The molecule has 5 nitrogen and oxygen atoms in total. The minimum Gasteiger partial charge on any atom is -0.487 e. The quantitative estimate of drug-likeness (QED) is 0.738. The minimum absolute atomic E-state index is 0.166. The molecule has 118 valence electrons. The van der Waals surface area contributed by atoms with Gasteiger partial charge >= 0.3 is 0 Å². The van der Waals surface area contributed by atoms with E-state index < -0.39 is 0 Å². The Morgan fingerprint density at radius 3 is 3.17 bits per heavy atom. The largest absolute Gasteiger partial charge is 0.487 e. The van der Waals surface area contributed by atoms with Crippen LogP contribution in [0.2, 0.25) is 0 Å². The van der Waals surface area contributed by atoms with Crippen LogP contribution in [-0.2, 0) is 0 Å². The second kappa shape index (κ2) is 6.12. The molecule has 0 saturated carbocycles. The van der Waals surface area contributed by atoms with E-state index in [4.69, 9.17) is 4.74 Å². The monoisotopic (exact) mass is 326 g/mol. The summed E-state index contributed by atoms with van der Waals surface area (Å²) in [6.45, 7) is 3.95. The van der Waals surface area contributed by atoms with Crippen molar-refractivity contribution >= 4 is 27.4 Å². The van der Waals surface area contributed by atoms with E-state index in [9.17, 15) is 0 Å². The van der Waals surface area contributed by atoms with E-state index in [2.05, 4.69) is 32.2 Å². The number of pyridine rings is 1. The number of hydrogen-bond donors (Lipinski definition) is 0. The number of ether oxygens (including phenoxy) is 1. The van der Waals surface area contributed by atoms with Gasteiger partial charge in [0.05, 0.1) is 23.0 Å². The molecular weight excluding hydrogens is 308 g/mol. The van der Waals surface area contributed by atoms with E-state index in [1.807, 2.05) is 12.1 Å². The molecule has 1 aliphatic rings. The summed E-state index contributed by atoms with van der Waals surface area (Å²) in [7, 11) is 0. The third kappa shape index (κ3) is 2.86. The lowest BCUT2D eigenvalue weighted by molar-refractivity contribution is 0.178. The van der Waals surface area contributed by atoms with E-state index >= 15 is 0 Å². The van der Waals surface area contributed by atoms with E-state index in [0.29, 0.717) is 0 Å². The summed E-state index contributed by atoms with van der Waals surface area (Å²) in [5.41, 5.74) is 2.28. The average Bonchev–Trinajstić information content (AvgIpc) is 2.98. The summed E-state index contributed by atoms with van der Waals surface area (Å²) < 4.78 is 7.25. The molecular formula is C17H18N4OS. The molecule has 4 rings (SSSR count). The van der Waals surface area contributed by atoms with Crippen molar-refractivity contribution in [3.8, 4) is 5.75 Å². The summed E-state index contributed by atoms with van der Waals surface area (Å²) in [4.78, 5) is 15.4. The van der Waals surface area contributed by atoms with Crippen molar-refractivity contribution in [3.05, 3.63) is 41.8 Å². The number of hydrogen-bond acceptors (Lipinski definition) is 6. The van der Waals surface area contributed by atoms with Gasteiger partial charge in [0.25, 0.3) is 0 Å². The van der Waals surface area contributed by atoms with Crippen LogP contribution < -0.4 is 9.64 Å². The molecule has 4 heterocycles. The van der Waals surface area contributed by atoms with Crippen molar-refractivity contribution in [3.63, 3.8) is 0 Å². The van der Waals surface area contributed by atoms with Crippen molar-refractivity contribution in [1.82, 2.24) is 15.0 Å². The third-order valence-corrected chi connectivity index (χ3v) is 5.21. The molecule has 3 aromatic rings. The van der Waals surface area contributed by atoms with Gasteiger partial charge in [-0.05, 0) is 42.8 Å². The van der Waals surface area contributed by atoms with Crippen LogP contribution in [0.4, 0.5) is 5.82 Å². The average molecular weight is 326 g/mol. The van der Waals surface area contributed by atoms with Gasteiger partial charge in [0, 0.05) is 12.7 Å². The summed E-state index contributed by atoms with van der Waals surface area (Å²) in [5, 5.41) is 2.15. The van der Waals surface area contributed by atoms with Gasteiger partial charge in [0.15, 0.2) is 0 Å². The van der Waals surface area contributed by atoms with Crippen molar-refractivity contribution < 1.29 is 4.74 Å². The summed E-state index contributed by atoms with van der Waals surface area (Å²) in [5.74, 6) is 1.87. The molecule has 1 unspecified atom stereocenters. The number of thiophene rings is 1. The predicted octanol–water partition coefficient (Wildman–Crippen LogP) is 3.44. The molecule has 0 N–H and O–H groups in total. The first-order chi connectivity index (χ1) is 11.3. The molecule has 0 spiro atoms. The third-order valence-electron chi connectivity index (χ3n) is 4.13. The van der Waals surface area contributed by atoms with Gasteiger partial charge < -0.3 is 9.64 Å². The Bertz CT molecular complexity index is 805. The van der Waals surface area contributed by atoms with E-state index in [-0.39, 0.29) is 6.10 Å². The van der Waals surface area contributed by atoms with Crippen molar-refractivity contribution in [2.24, 2.45) is 0 Å². The fourth-order valence-electron chi connectivity index (χ4n) is 3.02. The normalized spacial score (nSPS) is 18.3. The Labute approximate surface area is 139 Å². The molecule has 0 aliphatic carbocycles. The molecule has 1 aliphatic heterocycles. The van der Waals surface area contributed by atoms with E-state index in [1.54, 1.807) is 30.1 Å². The molecule has 1 saturated heterocycles. The van der Waals surface area contributed by atoms with E-state index in [0.717, 1.165) is 43.0 Å². The number of nitrogens with zero attached hydrogens (tertiary/aromatic N) is 4. The first-order valence-corrected chi connectivity index (χ1v) is 8.69. The lowest BCUT2D eigenvalue weighted by atomic mass is 10.1. The highest BCUT2D eigenvalue weighted by molar-refractivity contribution is 7.18. The molecule has 1 atom stereocenters. The molecule has 6 heteroatoms. The fourth-order valence-corrected chi connectivity index (χ4v) is 4.04. The van der Waals surface area contributed by atoms with Gasteiger partial charge in [-0.25, -0.2) is 9.97 Å². The smallest absolute Gasteiger partial charge is 0.150 e. The number of aromatic nitrogens is 3.